The van der Waals surface area contributed by atoms with Crippen LogP contribution in [0.4, 0.5) is 10.1 Å². The van der Waals surface area contributed by atoms with E-state index in [0.717, 1.165) is 11.6 Å². The molecule has 1 aliphatic heterocycles. The van der Waals surface area contributed by atoms with Crippen molar-refractivity contribution < 1.29 is 23.8 Å². The first-order chi connectivity index (χ1) is 12.8. The molecule has 0 spiro atoms. The van der Waals surface area contributed by atoms with Crippen LogP contribution >= 0.6 is 0 Å². The molecule has 3 rings (SSSR count). The number of aliphatic carboxylic acids is 1. The molecule has 7 nitrogen and oxygen atoms in total. The number of amidine groups is 1. The van der Waals surface area contributed by atoms with E-state index in [9.17, 15) is 14.0 Å². The monoisotopic (exact) mass is 371 g/mol. The number of carboxylic acid groups (broad SMARTS) is 1. The van der Waals surface area contributed by atoms with E-state index in [4.69, 9.17) is 21.0 Å². The molecule has 0 saturated heterocycles. The predicted octanol–water partition coefficient (Wildman–Crippen LogP) is 2.53. The summed E-state index contributed by atoms with van der Waals surface area (Å²) >= 11 is 0. The number of anilines is 1. The van der Waals surface area contributed by atoms with Crippen LogP contribution in [0.1, 0.15) is 34.3 Å². The van der Waals surface area contributed by atoms with E-state index in [1.165, 1.54) is 12.1 Å². The number of benzene rings is 2. The third-order valence-corrected chi connectivity index (χ3v) is 4.27. The Hall–Kier alpha value is -3.42. The number of nitrogen functional groups attached to an aromatic ring is 1. The van der Waals surface area contributed by atoms with Gasteiger partial charge in [0.05, 0.1) is 12.0 Å². The van der Waals surface area contributed by atoms with Gasteiger partial charge in [-0.05, 0) is 48.7 Å². The maximum absolute atomic E-state index is 14.1. The highest BCUT2D eigenvalue weighted by atomic mass is 19.1. The lowest BCUT2D eigenvalue weighted by Crippen LogP contribution is -2.25. The van der Waals surface area contributed by atoms with Gasteiger partial charge in [-0.25, -0.2) is 4.39 Å². The number of halogens is 1. The fourth-order valence-corrected chi connectivity index (χ4v) is 2.93. The second-order valence-corrected chi connectivity index (χ2v) is 6.26. The molecule has 0 bridgehead atoms. The summed E-state index contributed by atoms with van der Waals surface area (Å²) in [6.45, 7) is 0. The molecule has 0 saturated carbocycles. The average Bonchev–Trinajstić information content (AvgIpc) is 2.61. The third kappa shape index (κ3) is 4.22. The summed E-state index contributed by atoms with van der Waals surface area (Å²) in [5, 5.41) is 18.8. The molecule has 2 aromatic rings. The molecule has 27 heavy (non-hydrogen) atoms. The van der Waals surface area contributed by atoms with Gasteiger partial charge >= 0.3 is 5.97 Å². The van der Waals surface area contributed by atoms with Gasteiger partial charge in [-0.15, -0.1) is 0 Å². The summed E-state index contributed by atoms with van der Waals surface area (Å²) in [6.07, 6.45) is 0.758. The fourth-order valence-electron chi connectivity index (χ4n) is 2.93. The zero-order chi connectivity index (χ0) is 19.6. The number of amides is 1. The number of fused-ring (bicyclic) bond motifs is 1. The fraction of sp³-hybridized carbons (Fsp3) is 0.211. The number of carboxylic acids is 1. The molecular formula is C19H18FN3O4. The Labute approximate surface area is 154 Å². The van der Waals surface area contributed by atoms with Crippen LogP contribution in [0.5, 0.6) is 5.75 Å². The first-order valence-electron chi connectivity index (χ1n) is 8.30. The minimum absolute atomic E-state index is 0.0620. The molecule has 140 valence electrons. The van der Waals surface area contributed by atoms with E-state index in [0.29, 0.717) is 24.3 Å². The quantitative estimate of drug-likeness (QED) is 0.475. The summed E-state index contributed by atoms with van der Waals surface area (Å²) in [7, 11) is 0. The van der Waals surface area contributed by atoms with E-state index < -0.39 is 17.7 Å². The number of carbonyl (C=O) groups is 2. The Balaban J connectivity index is 1.73. The number of nitrogens with one attached hydrogen (secondary N) is 2. The van der Waals surface area contributed by atoms with Gasteiger partial charge in [0.15, 0.2) is 0 Å². The van der Waals surface area contributed by atoms with E-state index in [1.807, 2.05) is 0 Å². The molecule has 0 aliphatic carbocycles. The SMILES string of the molecule is N=C(N)c1ccc(C(=O)Nc2ccc3c(c2)CCC(CC(=O)O)O3)c(F)c1. The number of carbonyl (C=O) groups excluding carboxylic acids is 1. The van der Waals surface area contributed by atoms with Crippen molar-refractivity contribution in [2.45, 2.75) is 25.4 Å². The van der Waals surface area contributed by atoms with Gasteiger partial charge in [-0.2, -0.15) is 0 Å². The maximum atomic E-state index is 14.1. The van der Waals surface area contributed by atoms with Crippen LogP contribution in [0.2, 0.25) is 0 Å². The summed E-state index contributed by atoms with van der Waals surface area (Å²) in [4.78, 5) is 23.1. The number of rotatable bonds is 5. The molecule has 0 aromatic heterocycles. The Morgan fingerprint density at radius 1 is 1.30 bits per heavy atom. The Bertz CT molecular complexity index is 929. The van der Waals surface area contributed by atoms with Gasteiger partial charge in [-0.1, -0.05) is 6.07 Å². The minimum Gasteiger partial charge on any atom is -0.490 e. The lowest BCUT2D eigenvalue weighted by molar-refractivity contribution is -0.139. The first kappa shape index (κ1) is 18.4. The molecule has 1 amide bonds. The van der Waals surface area contributed by atoms with Crippen molar-refractivity contribution in [3.8, 4) is 5.75 Å². The lowest BCUT2D eigenvalue weighted by Gasteiger charge is -2.25. The predicted molar refractivity (Wildman–Crippen MR) is 96.8 cm³/mol. The van der Waals surface area contributed by atoms with Gasteiger partial charge in [-0.3, -0.25) is 15.0 Å². The minimum atomic E-state index is -0.912. The average molecular weight is 371 g/mol. The molecule has 0 radical (unpaired) electrons. The Morgan fingerprint density at radius 3 is 2.74 bits per heavy atom. The summed E-state index contributed by atoms with van der Waals surface area (Å²) in [5.74, 6) is -1.99. The topological polar surface area (TPSA) is 126 Å². The van der Waals surface area contributed by atoms with E-state index >= 15 is 0 Å². The first-order valence-corrected chi connectivity index (χ1v) is 8.30. The highest BCUT2D eigenvalue weighted by Crippen LogP contribution is 2.31. The van der Waals surface area contributed by atoms with Crippen molar-refractivity contribution in [3.63, 3.8) is 0 Å². The Morgan fingerprint density at radius 2 is 2.07 bits per heavy atom. The zero-order valence-corrected chi connectivity index (χ0v) is 14.3. The number of hydrogen-bond acceptors (Lipinski definition) is 4. The molecule has 5 N–H and O–H groups in total. The standard InChI is InChI=1S/C19H18FN3O4/c20-15-8-11(18(21)22)2-5-14(15)19(26)23-12-3-6-16-10(7-12)1-4-13(27-16)9-17(24)25/h2-3,5-8,13H,1,4,9H2,(H3,21,22)(H,23,26)(H,24,25). The summed E-state index contributed by atoms with van der Waals surface area (Å²) < 4.78 is 19.8. The highest BCUT2D eigenvalue weighted by molar-refractivity contribution is 6.05. The van der Waals surface area contributed by atoms with Crippen LogP contribution in [0.25, 0.3) is 0 Å². The third-order valence-electron chi connectivity index (χ3n) is 4.27. The van der Waals surface area contributed by atoms with Crippen LogP contribution in [-0.2, 0) is 11.2 Å². The molecule has 1 aliphatic rings. The summed E-state index contributed by atoms with van der Waals surface area (Å²) in [6, 6.07) is 8.73. The molecule has 1 heterocycles. The van der Waals surface area contributed by atoms with Gasteiger partial charge in [0, 0.05) is 11.3 Å². The van der Waals surface area contributed by atoms with Gasteiger partial charge in [0.2, 0.25) is 0 Å². The smallest absolute Gasteiger partial charge is 0.307 e. The van der Waals surface area contributed by atoms with Gasteiger partial charge < -0.3 is 20.9 Å². The summed E-state index contributed by atoms with van der Waals surface area (Å²) in [5.41, 5.74) is 6.68. The normalized spacial score (nSPS) is 15.4. The largest absolute Gasteiger partial charge is 0.490 e. The van der Waals surface area contributed by atoms with E-state index in [-0.39, 0.29) is 29.5 Å². The van der Waals surface area contributed by atoms with Crippen LogP contribution in [-0.4, -0.2) is 28.9 Å². The van der Waals surface area contributed by atoms with Gasteiger partial charge in [0.1, 0.15) is 23.5 Å². The molecule has 1 unspecified atom stereocenters. The van der Waals surface area contributed by atoms with Crippen molar-refractivity contribution in [2.75, 3.05) is 5.32 Å². The molecule has 1 atom stereocenters. The number of ether oxygens (including phenoxy) is 1. The molecule has 8 heteroatoms. The molecular weight excluding hydrogens is 353 g/mol. The molecule has 0 fully saturated rings. The number of aryl methyl sites for hydroxylation is 1. The number of hydrogen-bond donors (Lipinski definition) is 4. The second kappa shape index (κ2) is 7.45. The van der Waals surface area contributed by atoms with Crippen LogP contribution in [0.3, 0.4) is 0 Å². The van der Waals surface area contributed by atoms with Crippen molar-refractivity contribution >= 4 is 23.4 Å². The van der Waals surface area contributed by atoms with Crippen LogP contribution in [0, 0.1) is 11.2 Å². The lowest BCUT2D eigenvalue weighted by atomic mass is 10.00. The zero-order valence-electron chi connectivity index (χ0n) is 14.3. The van der Waals surface area contributed by atoms with E-state index in [1.54, 1.807) is 18.2 Å². The second-order valence-electron chi connectivity index (χ2n) is 6.26. The highest BCUT2D eigenvalue weighted by Gasteiger charge is 2.22. The van der Waals surface area contributed by atoms with Gasteiger partial charge in [0.25, 0.3) is 5.91 Å². The number of nitrogens with two attached hydrogens (primary N) is 1. The van der Waals surface area contributed by atoms with Crippen molar-refractivity contribution in [1.82, 2.24) is 0 Å². The Kier molecular flexibility index (Phi) is 5.07. The van der Waals surface area contributed by atoms with Crippen molar-refractivity contribution in [1.29, 1.82) is 5.41 Å². The molecule has 2 aromatic carbocycles. The van der Waals surface area contributed by atoms with Crippen molar-refractivity contribution in [2.24, 2.45) is 5.73 Å². The van der Waals surface area contributed by atoms with Crippen LogP contribution < -0.4 is 15.8 Å². The maximum Gasteiger partial charge on any atom is 0.307 e. The van der Waals surface area contributed by atoms with E-state index in [2.05, 4.69) is 5.32 Å². The van der Waals surface area contributed by atoms with Crippen LogP contribution in [0.15, 0.2) is 36.4 Å². The van der Waals surface area contributed by atoms with Crippen molar-refractivity contribution in [3.05, 3.63) is 58.9 Å².